The van der Waals surface area contributed by atoms with Crippen molar-refractivity contribution in [2.24, 2.45) is 11.7 Å². The fraction of sp³-hybridized carbons (Fsp3) is 0.818. The quantitative estimate of drug-likeness (QED) is 0.663. The van der Waals surface area contributed by atoms with E-state index in [9.17, 15) is 9.59 Å². The summed E-state index contributed by atoms with van der Waals surface area (Å²) in [5.74, 6) is -0.677. The first-order valence-electron chi connectivity index (χ1n) is 5.69. The number of esters is 2. The standard InChI is InChI=1S/C11H20N2O4/c1-16-10(14)3-4-13-6-8(11(15)17-2)5-9(12)7-13/h8-9H,3-7,12H2,1-2H3. The van der Waals surface area contributed by atoms with Gasteiger partial charge >= 0.3 is 11.9 Å². The van der Waals surface area contributed by atoms with Crippen molar-refractivity contribution in [1.29, 1.82) is 0 Å². The van der Waals surface area contributed by atoms with Gasteiger partial charge in [-0.05, 0) is 6.42 Å². The fourth-order valence-corrected chi connectivity index (χ4v) is 2.10. The van der Waals surface area contributed by atoms with Crippen molar-refractivity contribution in [3.63, 3.8) is 0 Å². The maximum atomic E-state index is 11.5. The van der Waals surface area contributed by atoms with Crippen molar-refractivity contribution in [1.82, 2.24) is 4.90 Å². The molecule has 1 heterocycles. The highest BCUT2D eigenvalue weighted by Gasteiger charge is 2.30. The molecule has 2 N–H and O–H groups in total. The van der Waals surface area contributed by atoms with Crippen LogP contribution < -0.4 is 5.73 Å². The molecule has 98 valence electrons. The van der Waals surface area contributed by atoms with E-state index in [2.05, 4.69) is 4.74 Å². The van der Waals surface area contributed by atoms with E-state index in [0.717, 1.165) is 0 Å². The van der Waals surface area contributed by atoms with Gasteiger partial charge in [-0.3, -0.25) is 9.59 Å². The molecule has 0 radical (unpaired) electrons. The van der Waals surface area contributed by atoms with Gasteiger partial charge in [-0.25, -0.2) is 0 Å². The zero-order chi connectivity index (χ0) is 12.8. The number of ether oxygens (including phenoxy) is 2. The van der Waals surface area contributed by atoms with Gasteiger partial charge < -0.3 is 20.1 Å². The second-order valence-corrected chi connectivity index (χ2v) is 4.30. The highest BCUT2D eigenvalue weighted by atomic mass is 16.5. The average molecular weight is 244 g/mol. The number of hydrogen-bond acceptors (Lipinski definition) is 6. The van der Waals surface area contributed by atoms with Crippen LogP contribution in [0.2, 0.25) is 0 Å². The summed E-state index contributed by atoms with van der Waals surface area (Å²) in [5, 5.41) is 0. The Morgan fingerprint density at radius 2 is 2.00 bits per heavy atom. The number of carbonyl (C=O) groups is 2. The SMILES string of the molecule is COC(=O)CCN1CC(N)CC(C(=O)OC)C1. The number of likely N-dealkylation sites (tertiary alicyclic amines) is 1. The van der Waals surface area contributed by atoms with Crippen LogP contribution in [0.1, 0.15) is 12.8 Å². The predicted octanol–water partition coefficient (Wildman–Crippen LogP) is -0.628. The summed E-state index contributed by atoms with van der Waals surface area (Å²) in [4.78, 5) is 24.5. The molecule has 6 heteroatoms. The third kappa shape index (κ3) is 4.32. The van der Waals surface area contributed by atoms with Gasteiger partial charge in [0.15, 0.2) is 0 Å². The highest BCUT2D eigenvalue weighted by molar-refractivity contribution is 5.72. The maximum Gasteiger partial charge on any atom is 0.310 e. The summed E-state index contributed by atoms with van der Waals surface area (Å²) < 4.78 is 9.30. The molecule has 0 amide bonds. The minimum absolute atomic E-state index is 0.0505. The van der Waals surface area contributed by atoms with E-state index >= 15 is 0 Å². The molecule has 2 atom stereocenters. The van der Waals surface area contributed by atoms with Gasteiger partial charge in [0.05, 0.1) is 26.6 Å². The monoisotopic (exact) mass is 244 g/mol. The molecule has 6 nitrogen and oxygen atoms in total. The first kappa shape index (κ1) is 13.9. The molecule has 2 unspecified atom stereocenters. The fourth-order valence-electron chi connectivity index (χ4n) is 2.10. The lowest BCUT2D eigenvalue weighted by atomic mass is 9.94. The average Bonchev–Trinajstić information content (AvgIpc) is 2.34. The number of carbonyl (C=O) groups excluding carboxylic acids is 2. The normalized spacial score (nSPS) is 25.4. The Morgan fingerprint density at radius 3 is 2.59 bits per heavy atom. The minimum Gasteiger partial charge on any atom is -0.469 e. The van der Waals surface area contributed by atoms with Crippen LogP contribution in [-0.4, -0.2) is 56.7 Å². The molecule has 0 saturated carbocycles. The van der Waals surface area contributed by atoms with Crippen LogP contribution in [0.25, 0.3) is 0 Å². The second-order valence-electron chi connectivity index (χ2n) is 4.30. The molecular weight excluding hydrogens is 224 g/mol. The molecule has 1 aliphatic rings. The van der Waals surface area contributed by atoms with E-state index in [4.69, 9.17) is 10.5 Å². The molecule has 0 aromatic rings. The lowest BCUT2D eigenvalue weighted by Crippen LogP contribution is -2.49. The first-order chi connectivity index (χ1) is 8.06. The maximum absolute atomic E-state index is 11.5. The van der Waals surface area contributed by atoms with Crippen LogP contribution in [0.15, 0.2) is 0 Å². The third-order valence-electron chi connectivity index (χ3n) is 2.95. The van der Waals surface area contributed by atoms with Crippen molar-refractivity contribution in [2.45, 2.75) is 18.9 Å². The lowest BCUT2D eigenvalue weighted by Gasteiger charge is -2.34. The molecular formula is C11H20N2O4. The number of methoxy groups -OCH3 is 2. The second kappa shape index (κ2) is 6.56. The van der Waals surface area contributed by atoms with Crippen LogP contribution in [0.5, 0.6) is 0 Å². The Bertz CT molecular complexity index is 283. The van der Waals surface area contributed by atoms with Crippen molar-refractivity contribution in [2.75, 3.05) is 33.9 Å². The number of rotatable bonds is 4. The van der Waals surface area contributed by atoms with E-state index in [1.54, 1.807) is 0 Å². The van der Waals surface area contributed by atoms with Crippen LogP contribution in [-0.2, 0) is 19.1 Å². The molecule has 1 rings (SSSR count). The summed E-state index contributed by atoms with van der Waals surface area (Å²) in [6.45, 7) is 1.86. The lowest BCUT2D eigenvalue weighted by molar-refractivity contribution is -0.147. The topological polar surface area (TPSA) is 81.9 Å². The Hall–Kier alpha value is -1.14. The van der Waals surface area contributed by atoms with Gasteiger partial charge in [0, 0.05) is 25.7 Å². The summed E-state index contributed by atoms with van der Waals surface area (Å²) in [7, 11) is 2.74. The van der Waals surface area contributed by atoms with Gasteiger partial charge in [0.1, 0.15) is 0 Å². The summed E-state index contributed by atoms with van der Waals surface area (Å²) in [5.41, 5.74) is 5.88. The van der Waals surface area contributed by atoms with Gasteiger partial charge in [-0.1, -0.05) is 0 Å². The van der Waals surface area contributed by atoms with Crippen LogP contribution >= 0.6 is 0 Å². The molecule has 0 aliphatic carbocycles. The van der Waals surface area contributed by atoms with Gasteiger partial charge in [-0.2, -0.15) is 0 Å². The van der Waals surface area contributed by atoms with Crippen molar-refractivity contribution >= 4 is 11.9 Å². The van der Waals surface area contributed by atoms with E-state index in [1.807, 2.05) is 4.90 Å². The van der Waals surface area contributed by atoms with Crippen molar-refractivity contribution in [3.05, 3.63) is 0 Å². The Labute approximate surface area is 101 Å². The van der Waals surface area contributed by atoms with Crippen molar-refractivity contribution in [3.8, 4) is 0 Å². The Balaban J connectivity index is 2.44. The third-order valence-corrected chi connectivity index (χ3v) is 2.95. The van der Waals surface area contributed by atoms with Crippen molar-refractivity contribution < 1.29 is 19.1 Å². The number of nitrogens with zero attached hydrogens (tertiary/aromatic N) is 1. The highest BCUT2D eigenvalue weighted by Crippen LogP contribution is 2.17. The van der Waals surface area contributed by atoms with Gasteiger partial charge in [0.2, 0.25) is 0 Å². The van der Waals surface area contributed by atoms with Crippen LogP contribution in [0.4, 0.5) is 0 Å². The Morgan fingerprint density at radius 1 is 1.29 bits per heavy atom. The smallest absolute Gasteiger partial charge is 0.310 e. The molecule has 17 heavy (non-hydrogen) atoms. The molecule has 1 aliphatic heterocycles. The van der Waals surface area contributed by atoms with E-state index in [1.165, 1.54) is 14.2 Å². The number of piperidine rings is 1. The molecule has 0 aromatic carbocycles. The summed E-state index contributed by atoms with van der Waals surface area (Å²) >= 11 is 0. The zero-order valence-electron chi connectivity index (χ0n) is 10.3. The van der Waals surface area contributed by atoms with E-state index in [-0.39, 0.29) is 23.9 Å². The summed E-state index contributed by atoms with van der Waals surface area (Å²) in [6, 6.07) is -0.0505. The van der Waals surface area contributed by atoms with Gasteiger partial charge in [-0.15, -0.1) is 0 Å². The minimum atomic E-state index is -0.251. The molecule has 0 bridgehead atoms. The summed E-state index contributed by atoms with van der Waals surface area (Å²) in [6.07, 6.45) is 0.957. The van der Waals surface area contributed by atoms with E-state index in [0.29, 0.717) is 32.5 Å². The first-order valence-corrected chi connectivity index (χ1v) is 5.69. The Kier molecular flexibility index (Phi) is 5.37. The number of nitrogens with two attached hydrogens (primary N) is 1. The zero-order valence-corrected chi connectivity index (χ0v) is 10.3. The number of hydrogen-bond donors (Lipinski definition) is 1. The largest absolute Gasteiger partial charge is 0.469 e. The molecule has 1 saturated heterocycles. The predicted molar refractivity (Wildman–Crippen MR) is 61.2 cm³/mol. The van der Waals surface area contributed by atoms with Crippen LogP contribution in [0.3, 0.4) is 0 Å². The van der Waals surface area contributed by atoms with Gasteiger partial charge in [0.25, 0.3) is 0 Å². The molecule has 1 fully saturated rings. The molecule has 0 aromatic heterocycles. The van der Waals surface area contributed by atoms with Crippen LogP contribution in [0, 0.1) is 5.92 Å². The molecule has 0 spiro atoms. The van der Waals surface area contributed by atoms with E-state index < -0.39 is 0 Å².